The third-order valence-electron chi connectivity index (χ3n) is 2.39. The van der Waals surface area contributed by atoms with Gasteiger partial charge in [-0.1, -0.05) is 26.8 Å². The van der Waals surface area contributed by atoms with Crippen LogP contribution in [0.2, 0.25) is 0 Å². The van der Waals surface area contributed by atoms with Crippen LogP contribution in [-0.4, -0.2) is 5.60 Å². The van der Waals surface area contributed by atoms with Crippen LogP contribution in [-0.2, 0) is 5.11 Å². The van der Waals surface area contributed by atoms with Crippen molar-refractivity contribution in [2.45, 2.75) is 46.1 Å². The molecule has 1 rings (SSSR count). The lowest BCUT2D eigenvalue weighted by atomic mass is 9.71. The molecule has 0 bridgehead atoms. The molecule has 1 nitrogen and oxygen atoms in total. The number of rotatable bonds is 2. The van der Waals surface area contributed by atoms with Crippen LogP contribution < -0.4 is 0 Å². The molecular formula is C12H19OS. The van der Waals surface area contributed by atoms with E-state index < -0.39 is 5.60 Å². The third-order valence-corrected chi connectivity index (χ3v) is 3.33. The molecule has 1 aromatic rings. The minimum absolute atomic E-state index is 0.0239. The molecule has 0 saturated heterocycles. The first-order chi connectivity index (χ1) is 6.23. The van der Waals surface area contributed by atoms with Crippen LogP contribution in [0.1, 0.15) is 45.4 Å². The van der Waals surface area contributed by atoms with E-state index in [1.165, 1.54) is 4.88 Å². The summed E-state index contributed by atoms with van der Waals surface area (Å²) in [5.41, 5.74) is -0.890. The van der Waals surface area contributed by atoms with Crippen molar-refractivity contribution in [3.8, 4) is 0 Å². The molecule has 1 radical (unpaired) electrons. The Morgan fingerprint density at radius 1 is 1.21 bits per heavy atom. The molecule has 0 aliphatic heterocycles. The maximum atomic E-state index is 12.2. The summed E-state index contributed by atoms with van der Waals surface area (Å²) < 4.78 is 0. The summed E-state index contributed by atoms with van der Waals surface area (Å²) in [6, 6.07) is 4.09. The Morgan fingerprint density at radius 2 is 1.79 bits per heavy atom. The molecular weight excluding hydrogens is 192 g/mol. The largest absolute Gasteiger partial charge is 0.229 e. The second kappa shape index (κ2) is 3.67. The minimum Gasteiger partial charge on any atom is -0.229 e. The van der Waals surface area contributed by atoms with Gasteiger partial charge >= 0.3 is 0 Å². The Hall–Kier alpha value is -0.340. The molecule has 1 heterocycles. The molecule has 79 valence electrons. The zero-order chi connectivity index (χ0) is 11.0. The van der Waals surface area contributed by atoms with E-state index in [0.29, 0.717) is 0 Å². The topological polar surface area (TPSA) is 19.9 Å². The van der Waals surface area contributed by atoms with Crippen molar-refractivity contribution in [2.24, 2.45) is 5.41 Å². The molecule has 0 fully saturated rings. The Labute approximate surface area is 90.8 Å². The summed E-state index contributed by atoms with van der Waals surface area (Å²) in [5, 5.41) is 14.2. The molecule has 2 heteroatoms. The molecule has 1 unspecified atom stereocenters. The van der Waals surface area contributed by atoms with E-state index in [1.807, 2.05) is 11.4 Å². The van der Waals surface area contributed by atoms with Gasteiger partial charge < -0.3 is 0 Å². The molecule has 0 aromatic carbocycles. The molecule has 1 aromatic heterocycles. The Morgan fingerprint density at radius 3 is 2.07 bits per heavy atom. The quantitative estimate of drug-likeness (QED) is 0.702. The molecule has 0 N–H and O–H groups in total. The highest BCUT2D eigenvalue weighted by atomic mass is 32.1. The van der Waals surface area contributed by atoms with Crippen molar-refractivity contribution in [3.63, 3.8) is 0 Å². The standard InChI is InChI=1S/C12H19OS/c1-11(2,3)10(12(4,5)13)9-7-6-8-14-9/h6-8,10H,1-5H3. The fourth-order valence-corrected chi connectivity index (χ4v) is 3.51. The van der Waals surface area contributed by atoms with Gasteiger partial charge in [-0.15, -0.1) is 11.3 Å². The number of thiophene rings is 1. The lowest BCUT2D eigenvalue weighted by Gasteiger charge is -2.37. The smallest absolute Gasteiger partial charge is 0.106 e. The van der Waals surface area contributed by atoms with Gasteiger partial charge in [0.15, 0.2) is 0 Å². The van der Waals surface area contributed by atoms with E-state index in [1.54, 1.807) is 25.2 Å². The van der Waals surface area contributed by atoms with Crippen molar-refractivity contribution >= 4 is 11.3 Å². The van der Waals surface area contributed by atoms with Crippen molar-refractivity contribution < 1.29 is 5.11 Å². The summed E-state index contributed by atoms with van der Waals surface area (Å²) in [4.78, 5) is 1.21. The van der Waals surface area contributed by atoms with Gasteiger partial charge in [-0.05, 0) is 30.7 Å². The highest BCUT2D eigenvalue weighted by Gasteiger charge is 2.39. The van der Waals surface area contributed by atoms with Gasteiger partial charge in [-0.3, -0.25) is 0 Å². The average molecular weight is 211 g/mol. The Balaban J connectivity index is 3.08. The van der Waals surface area contributed by atoms with Gasteiger partial charge in [0.2, 0.25) is 0 Å². The highest BCUT2D eigenvalue weighted by molar-refractivity contribution is 7.10. The lowest BCUT2D eigenvalue weighted by molar-refractivity contribution is -0.0488. The zero-order valence-electron chi connectivity index (χ0n) is 9.63. The van der Waals surface area contributed by atoms with Gasteiger partial charge in [-0.2, -0.15) is 0 Å². The van der Waals surface area contributed by atoms with Crippen molar-refractivity contribution in [3.05, 3.63) is 22.4 Å². The molecule has 0 aliphatic carbocycles. The summed E-state index contributed by atoms with van der Waals surface area (Å²) in [7, 11) is 0. The van der Waals surface area contributed by atoms with Crippen LogP contribution in [0, 0.1) is 5.41 Å². The first kappa shape index (κ1) is 11.7. The van der Waals surface area contributed by atoms with E-state index in [4.69, 9.17) is 0 Å². The molecule has 14 heavy (non-hydrogen) atoms. The molecule has 0 spiro atoms. The predicted octanol–water partition coefficient (Wildman–Crippen LogP) is 4.09. The van der Waals surface area contributed by atoms with E-state index in [9.17, 15) is 5.11 Å². The normalized spacial score (nSPS) is 15.6. The third kappa shape index (κ3) is 2.58. The Kier molecular flexibility index (Phi) is 3.07. The second-order valence-corrected chi connectivity index (χ2v) is 6.40. The van der Waals surface area contributed by atoms with E-state index in [-0.39, 0.29) is 11.3 Å². The first-order valence-corrected chi connectivity index (χ1v) is 5.84. The first-order valence-electron chi connectivity index (χ1n) is 4.97. The van der Waals surface area contributed by atoms with E-state index >= 15 is 0 Å². The fraction of sp³-hybridized carbons (Fsp3) is 0.667. The van der Waals surface area contributed by atoms with Gasteiger partial charge in [0.25, 0.3) is 0 Å². The minimum atomic E-state index is -0.914. The molecule has 1 atom stereocenters. The summed E-state index contributed by atoms with van der Waals surface area (Å²) in [6.45, 7) is 9.97. The summed E-state index contributed by atoms with van der Waals surface area (Å²) in [6.07, 6.45) is 0. The van der Waals surface area contributed by atoms with Crippen molar-refractivity contribution in [1.82, 2.24) is 0 Å². The monoisotopic (exact) mass is 211 g/mol. The highest BCUT2D eigenvalue weighted by Crippen LogP contribution is 2.44. The van der Waals surface area contributed by atoms with Crippen LogP contribution in [0.25, 0.3) is 0 Å². The zero-order valence-corrected chi connectivity index (χ0v) is 10.4. The number of hydrogen-bond acceptors (Lipinski definition) is 1. The molecule has 0 amide bonds. The van der Waals surface area contributed by atoms with Gasteiger partial charge in [0, 0.05) is 10.8 Å². The second-order valence-electron chi connectivity index (χ2n) is 5.42. The van der Waals surface area contributed by atoms with Crippen LogP contribution in [0.4, 0.5) is 0 Å². The fourth-order valence-electron chi connectivity index (χ4n) is 2.27. The van der Waals surface area contributed by atoms with Crippen LogP contribution in [0.3, 0.4) is 0 Å². The predicted molar refractivity (Wildman–Crippen MR) is 61.3 cm³/mol. The van der Waals surface area contributed by atoms with Crippen molar-refractivity contribution in [2.75, 3.05) is 0 Å². The lowest BCUT2D eigenvalue weighted by Crippen LogP contribution is -2.36. The SMILES string of the molecule is CC(C)(C)C(c1cccs1)C(C)(C)[O]. The average Bonchev–Trinajstić information content (AvgIpc) is 2.31. The van der Waals surface area contributed by atoms with Gasteiger partial charge in [0.05, 0.1) is 0 Å². The Bertz CT molecular complexity index is 260. The van der Waals surface area contributed by atoms with Crippen LogP contribution in [0.5, 0.6) is 0 Å². The number of hydrogen-bond donors (Lipinski definition) is 0. The maximum absolute atomic E-state index is 12.2. The van der Waals surface area contributed by atoms with E-state index in [0.717, 1.165) is 0 Å². The van der Waals surface area contributed by atoms with Gasteiger partial charge in [0.1, 0.15) is 5.60 Å². The van der Waals surface area contributed by atoms with Crippen molar-refractivity contribution in [1.29, 1.82) is 0 Å². The van der Waals surface area contributed by atoms with Crippen LogP contribution >= 0.6 is 11.3 Å². The molecule has 0 aliphatic rings. The van der Waals surface area contributed by atoms with Crippen LogP contribution in [0.15, 0.2) is 17.5 Å². The maximum Gasteiger partial charge on any atom is 0.106 e. The van der Waals surface area contributed by atoms with Gasteiger partial charge in [-0.25, -0.2) is 5.11 Å². The van der Waals surface area contributed by atoms with E-state index in [2.05, 4.69) is 26.8 Å². The molecule has 0 saturated carbocycles. The summed E-state index contributed by atoms with van der Waals surface area (Å²) >= 11 is 1.68. The summed E-state index contributed by atoms with van der Waals surface area (Å²) in [5.74, 6) is 0.0787.